The third-order valence-electron chi connectivity index (χ3n) is 3.35. The molecule has 1 nitrogen and oxygen atoms in total. The van der Waals surface area contributed by atoms with Crippen molar-refractivity contribution in [3.05, 3.63) is 12.3 Å². The molecule has 1 saturated carbocycles. The molecule has 2 rings (SSSR count). The fourth-order valence-corrected chi connectivity index (χ4v) is 2.49. The van der Waals surface area contributed by atoms with Crippen LogP contribution in [0.5, 0.6) is 0 Å². The Hall–Kier alpha value is -0.460. The van der Waals surface area contributed by atoms with Gasteiger partial charge in [0.1, 0.15) is 6.10 Å². The second-order valence-corrected chi connectivity index (χ2v) is 4.30. The summed E-state index contributed by atoms with van der Waals surface area (Å²) in [6.45, 7) is 6.19. The van der Waals surface area contributed by atoms with Crippen LogP contribution >= 0.6 is 0 Å². The van der Waals surface area contributed by atoms with E-state index in [-0.39, 0.29) is 0 Å². The Morgan fingerprint density at radius 3 is 2.92 bits per heavy atom. The van der Waals surface area contributed by atoms with Gasteiger partial charge in [0.2, 0.25) is 0 Å². The number of hydrogen-bond donors (Lipinski definition) is 0. The van der Waals surface area contributed by atoms with E-state index in [9.17, 15) is 0 Å². The van der Waals surface area contributed by atoms with Crippen LogP contribution in [0.3, 0.4) is 0 Å². The van der Waals surface area contributed by atoms with Gasteiger partial charge in [-0.3, -0.25) is 0 Å². The van der Waals surface area contributed by atoms with E-state index >= 15 is 0 Å². The molecule has 1 heterocycles. The third-order valence-corrected chi connectivity index (χ3v) is 3.35. The number of rotatable bonds is 0. The van der Waals surface area contributed by atoms with Gasteiger partial charge in [-0.2, -0.15) is 0 Å². The first-order chi connectivity index (χ1) is 5.77. The molecule has 68 valence electrons. The molecule has 0 radical (unpaired) electrons. The summed E-state index contributed by atoms with van der Waals surface area (Å²) >= 11 is 0. The lowest BCUT2D eigenvalue weighted by molar-refractivity contribution is -0.0212. The molecule has 12 heavy (non-hydrogen) atoms. The van der Waals surface area contributed by atoms with Crippen molar-refractivity contribution in [2.24, 2.45) is 11.8 Å². The van der Waals surface area contributed by atoms with Gasteiger partial charge in [0.25, 0.3) is 0 Å². The van der Waals surface area contributed by atoms with Crippen molar-refractivity contribution in [2.75, 3.05) is 0 Å². The van der Waals surface area contributed by atoms with Gasteiger partial charge in [0.05, 0.1) is 5.76 Å². The highest BCUT2D eigenvalue weighted by molar-refractivity contribution is 4.97. The highest BCUT2D eigenvalue weighted by atomic mass is 16.5. The average Bonchev–Trinajstić information content (AvgIpc) is 2.07. The van der Waals surface area contributed by atoms with Crippen LogP contribution < -0.4 is 0 Å². The van der Waals surface area contributed by atoms with Gasteiger partial charge in [-0.25, -0.2) is 0 Å². The normalized spacial score (nSPS) is 41.8. The summed E-state index contributed by atoms with van der Waals surface area (Å²) in [6, 6.07) is 0. The maximum atomic E-state index is 5.81. The van der Waals surface area contributed by atoms with Crippen LogP contribution in [0.1, 0.15) is 39.0 Å². The Labute approximate surface area is 74.8 Å². The van der Waals surface area contributed by atoms with Crippen LogP contribution in [0.4, 0.5) is 0 Å². The molecule has 1 saturated heterocycles. The maximum Gasteiger partial charge on any atom is 0.101 e. The van der Waals surface area contributed by atoms with Gasteiger partial charge in [-0.05, 0) is 31.6 Å². The summed E-state index contributed by atoms with van der Waals surface area (Å²) in [5.41, 5.74) is 0. The number of hydrogen-bond acceptors (Lipinski definition) is 1. The Morgan fingerprint density at radius 2 is 2.08 bits per heavy atom. The van der Waals surface area contributed by atoms with Crippen LogP contribution in [0.15, 0.2) is 12.3 Å². The molecule has 1 unspecified atom stereocenters. The lowest BCUT2D eigenvalue weighted by atomic mass is 9.78. The SMILES string of the molecule is C=C1O[C@@H]2CCCC[C@H]2CC1C. The van der Waals surface area contributed by atoms with Gasteiger partial charge in [0, 0.05) is 5.92 Å². The van der Waals surface area contributed by atoms with Crippen molar-refractivity contribution in [1.82, 2.24) is 0 Å². The summed E-state index contributed by atoms with van der Waals surface area (Å²) in [5.74, 6) is 2.45. The zero-order chi connectivity index (χ0) is 8.55. The standard InChI is InChI=1S/C11H18O/c1-8-7-10-5-3-4-6-11(10)12-9(8)2/h8,10-11H,2-7H2,1H3/t8?,10-,11+/m0/s1. The third kappa shape index (κ3) is 1.37. The quantitative estimate of drug-likeness (QED) is 0.537. The molecular formula is C11H18O. The minimum Gasteiger partial charge on any atom is -0.495 e. The predicted molar refractivity (Wildman–Crippen MR) is 49.8 cm³/mol. The van der Waals surface area contributed by atoms with E-state index in [0.29, 0.717) is 12.0 Å². The molecule has 0 spiro atoms. The molecule has 1 aliphatic heterocycles. The minimum atomic E-state index is 0.516. The molecule has 3 atom stereocenters. The minimum absolute atomic E-state index is 0.516. The number of allylic oxidation sites excluding steroid dienone is 1. The smallest absolute Gasteiger partial charge is 0.101 e. The first kappa shape index (κ1) is 8.15. The molecule has 0 N–H and O–H groups in total. The Bertz CT molecular complexity index is 185. The Kier molecular flexibility index (Phi) is 2.12. The molecule has 1 heteroatoms. The molecular weight excluding hydrogens is 148 g/mol. The van der Waals surface area contributed by atoms with Crippen molar-refractivity contribution in [3.8, 4) is 0 Å². The van der Waals surface area contributed by atoms with Gasteiger partial charge < -0.3 is 4.74 Å². The first-order valence-corrected chi connectivity index (χ1v) is 5.13. The molecule has 1 aliphatic carbocycles. The van der Waals surface area contributed by atoms with Crippen LogP contribution in [-0.2, 0) is 4.74 Å². The summed E-state index contributed by atoms with van der Waals surface area (Å²) in [7, 11) is 0. The van der Waals surface area contributed by atoms with Crippen LogP contribution in [-0.4, -0.2) is 6.10 Å². The van der Waals surface area contributed by atoms with Gasteiger partial charge >= 0.3 is 0 Å². The van der Waals surface area contributed by atoms with Crippen LogP contribution in [0, 0.1) is 11.8 Å². The molecule has 0 bridgehead atoms. The lowest BCUT2D eigenvalue weighted by Gasteiger charge is -2.39. The topological polar surface area (TPSA) is 9.23 Å². The van der Waals surface area contributed by atoms with Crippen molar-refractivity contribution in [3.63, 3.8) is 0 Å². The predicted octanol–water partition coefficient (Wildman–Crippen LogP) is 3.12. The number of ether oxygens (including phenoxy) is 1. The average molecular weight is 166 g/mol. The number of fused-ring (bicyclic) bond motifs is 1. The van der Waals surface area contributed by atoms with Crippen molar-refractivity contribution >= 4 is 0 Å². The fraction of sp³-hybridized carbons (Fsp3) is 0.818. The Balaban J connectivity index is 2.02. The second kappa shape index (κ2) is 3.12. The maximum absolute atomic E-state index is 5.81. The van der Waals surface area contributed by atoms with Crippen molar-refractivity contribution in [2.45, 2.75) is 45.1 Å². The van der Waals surface area contributed by atoms with Gasteiger partial charge in [-0.15, -0.1) is 0 Å². The fourth-order valence-electron chi connectivity index (χ4n) is 2.49. The second-order valence-electron chi connectivity index (χ2n) is 4.30. The van der Waals surface area contributed by atoms with E-state index in [2.05, 4.69) is 13.5 Å². The van der Waals surface area contributed by atoms with E-state index in [4.69, 9.17) is 4.74 Å². The van der Waals surface area contributed by atoms with E-state index < -0.39 is 0 Å². The molecule has 2 aliphatic rings. The van der Waals surface area contributed by atoms with E-state index in [0.717, 1.165) is 11.7 Å². The summed E-state index contributed by atoms with van der Waals surface area (Å²) in [6.07, 6.45) is 7.22. The van der Waals surface area contributed by atoms with E-state index in [1.165, 1.54) is 32.1 Å². The molecule has 0 aromatic carbocycles. The van der Waals surface area contributed by atoms with Crippen LogP contribution in [0.2, 0.25) is 0 Å². The molecule has 0 aromatic heterocycles. The van der Waals surface area contributed by atoms with Crippen molar-refractivity contribution < 1.29 is 4.74 Å². The highest BCUT2D eigenvalue weighted by Gasteiger charge is 2.33. The van der Waals surface area contributed by atoms with Gasteiger partial charge in [0.15, 0.2) is 0 Å². The van der Waals surface area contributed by atoms with Crippen LogP contribution in [0.25, 0.3) is 0 Å². The summed E-state index contributed by atoms with van der Waals surface area (Å²) < 4.78 is 5.81. The largest absolute Gasteiger partial charge is 0.495 e. The first-order valence-electron chi connectivity index (χ1n) is 5.13. The zero-order valence-corrected chi connectivity index (χ0v) is 7.88. The summed E-state index contributed by atoms with van der Waals surface area (Å²) in [5, 5.41) is 0. The highest BCUT2D eigenvalue weighted by Crippen LogP contribution is 2.39. The molecule has 0 aromatic rings. The van der Waals surface area contributed by atoms with E-state index in [1.807, 2.05) is 0 Å². The van der Waals surface area contributed by atoms with Crippen molar-refractivity contribution in [1.29, 1.82) is 0 Å². The molecule has 0 amide bonds. The molecule has 2 fully saturated rings. The van der Waals surface area contributed by atoms with Gasteiger partial charge in [-0.1, -0.05) is 19.9 Å². The lowest BCUT2D eigenvalue weighted by Crippen LogP contribution is -2.34. The summed E-state index contributed by atoms with van der Waals surface area (Å²) in [4.78, 5) is 0. The van der Waals surface area contributed by atoms with E-state index in [1.54, 1.807) is 0 Å². The Morgan fingerprint density at radius 1 is 1.33 bits per heavy atom. The zero-order valence-electron chi connectivity index (χ0n) is 7.88. The monoisotopic (exact) mass is 166 g/mol.